The first-order valence-electron chi connectivity index (χ1n) is 5.67. The molecule has 1 aromatic carbocycles. The smallest absolute Gasteiger partial charge is 0.371 e. The first kappa shape index (κ1) is 12.9. The topological polar surface area (TPSA) is 70.8 Å². The lowest BCUT2D eigenvalue weighted by Gasteiger charge is -2.16. The van der Waals surface area contributed by atoms with Crippen LogP contribution >= 0.6 is 0 Å². The molecule has 0 radical (unpaired) electrons. The van der Waals surface area contributed by atoms with Gasteiger partial charge in [-0.25, -0.2) is 4.79 Å². The molecule has 1 heterocycles. The van der Waals surface area contributed by atoms with Gasteiger partial charge < -0.3 is 14.4 Å². The Kier molecular flexibility index (Phi) is 3.37. The number of hydrogen-bond acceptors (Lipinski definition) is 3. The van der Waals surface area contributed by atoms with Gasteiger partial charge in [0.2, 0.25) is 5.76 Å². The van der Waals surface area contributed by atoms with Crippen molar-refractivity contribution in [1.29, 1.82) is 0 Å². The molecule has 19 heavy (non-hydrogen) atoms. The van der Waals surface area contributed by atoms with Crippen molar-refractivity contribution >= 4 is 17.6 Å². The summed E-state index contributed by atoms with van der Waals surface area (Å²) in [7, 11) is 1.61. The Labute approximate surface area is 110 Å². The third-order valence-electron chi connectivity index (χ3n) is 2.72. The zero-order valence-electron chi connectivity index (χ0n) is 10.6. The average Bonchev–Trinajstić information content (AvgIpc) is 2.86. The number of aromatic carboxylic acids is 1. The maximum Gasteiger partial charge on any atom is 0.371 e. The van der Waals surface area contributed by atoms with Crippen molar-refractivity contribution in [3.8, 4) is 0 Å². The van der Waals surface area contributed by atoms with Crippen molar-refractivity contribution in [1.82, 2.24) is 0 Å². The Morgan fingerprint density at radius 3 is 2.42 bits per heavy atom. The average molecular weight is 259 g/mol. The van der Waals surface area contributed by atoms with Gasteiger partial charge in [0, 0.05) is 12.7 Å². The predicted molar refractivity (Wildman–Crippen MR) is 69.6 cm³/mol. The maximum absolute atomic E-state index is 12.1. The number of carbonyl (C=O) groups excluding carboxylic acids is 1. The minimum Gasteiger partial charge on any atom is -0.475 e. The van der Waals surface area contributed by atoms with Gasteiger partial charge in [-0.3, -0.25) is 4.79 Å². The molecule has 1 amide bonds. The molecule has 0 fully saturated rings. The standard InChI is InChI=1S/C14H13NO4/c1-9-4-3-5-10(8-9)15(2)13(16)11-6-7-12(19-11)14(17)18/h3-8H,1-2H3,(H,17,18). The van der Waals surface area contributed by atoms with Crippen LogP contribution in [-0.4, -0.2) is 24.0 Å². The normalized spacial score (nSPS) is 10.2. The molecule has 2 aromatic rings. The minimum atomic E-state index is -1.20. The second kappa shape index (κ2) is 4.97. The van der Waals surface area contributed by atoms with Gasteiger partial charge in [0.15, 0.2) is 5.76 Å². The maximum atomic E-state index is 12.1. The Bertz CT molecular complexity index is 630. The number of rotatable bonds is 3. The SMILES string of the molecule is Cc1cccc(N(C)C(=O)c2ccc(C(=O)O)o2)c1. The monoisotopic (exact) mass is 259 g/mol. The van der Waals surface area contributed by atoms with E-state index < -0.39 is 11.9 Å². The fourth-order valence-electron chi connectivity index (χ4n) is 1.69. The lowest BCUT2D eigenvalue weighted by Crippen LogP contribution is -2.25. The zero-order chi connectivity index (χ0) is 14.0. The van der Waals surface area contributed by atoms with Crippen molar-refractivity contribution in [3.05, 3.63) is 53.5 Å². The third-order valence-corrected chi connectivity index (χ3v) is 2.72. The van der Waals surface area contributed by atoms with Crippen LogP contribution in [0.1, 0.15) is 26.7 Å². The largest absolute Gasteiger partial charge is 0.475 e. The molecular formula is C14H13NO4. The number of amides is 1. The fourth-order valence-corrected chi connectivity index (χ4v) is 1.69. The molecule has 5 nitrogen and oxygen atoms in total. The Morgan fingerprint density at radius 2 is 1.84 bits per heavy atom. The fraction of sp³-hybridized carbons (Fsp3) is 0.143. The number of carbonyl (C=O) groups is 2. The molecule has 1 N–H and O–H groups in total. The third kappa shape index (κ3) is 2.65. The van der Waals surface area contributed by atoms with Gasteiger partial charge in [-0.15, -0.1) is 0 Å². The number of carboxylic acid groups (broad SMARTS) is 1. The quantitative estimate of drug-likeness (QED) is 0.919. The molecular weight excluding hydrogens is 246 g/mol. The van der Waals surface area contributed by atoms with E-state index >= 15 is 0 Å². The van der Waals surface area contributed by atoms with Crippen LogP contribution in [0.5, 0.6) is 0 Å². The van der Waals surface area contributed by atoms with Gasteiger partial charge in [-0.1, -0.05) is 12.1 Å². The summed E-state index contributed by atoms with van der Waals surface area (Å²) in [5.74, 6) is -1.84. The van der Waals surface area contributed by atoms with Crippen LogP contribution in [0.15, 0.2) is 40.8 Å². The van der Waals surface area contributed by atoms with Gasteiger partial charge >= 0.3 is 5.97 Å². The summed E-state index contributed by atoms with van der Waals surface area (Å²) in [6.07, 6.45) is 0. The van der Waals surface area contributed by atoms with Gasteiger partial charge in [0.25, 0.3) is 5.91 Å². The van der Waals surface area contributed by atoms with Crippen molar-refractivity contribution in [2.45, 2.75) is 6.92 Å². The summed E-state index contributed by atoms with van der Waals surface area (Å²) >= 11 is 0. The van der Waals surface area contributed by atoms with Crippen molar-refractivity contribution < 1.29 is 19.1 Å². The predicted octanol–water partition coefficient (Wildman–Crippen LogP) is 2.56. The van der Waals surface area contributed by atoms with Crippen molar-refractivity contribution in [2.24, 2.45) is 0 Å². The van der Waals surface area contributed by atoms with Crippen LogP contribution in [0.25, 0.3) is 0 Å². The van der Waals surface area contributed by atoms with E-state index in [2.05, 4.69) is 0 Å². The number of hydrogen-bond donors (Lipinski definition) is 1. The number of anilines is 1. The summed E-state index contributed by atoms with van der Waals surface area (Å²) in [5, 5.41) is 8.75. The second-order valence-electron chi connectivity index (χ2n) is 4.17. The van der Waals surface area contributed by atoms with Crippen LogP contribution in [-0.2, 0) is 0 Å². The second-order valence-corrected chi connectivity index (χ2v) is 4.17. The Balaban J connectivity index is 2.25. The van der Waals surface area contributed by atoms with E-state index in [4.69, 9.17) is 9.52 Å². The highest BCUT2D eigenvalue weighted by Gasteiger charge is 2.19. The number of aryl methyl sites for hydroxylation is 1. The van der Waals surface area contributed by atoms with Crippen LogP contribution in [0.2, 0.25) is 0 Å². The summed E-state index contributed by atoms with van der Waals surface area (Å²) in [4.78, 5) is 24.2. The van der Waals surface area contributed by atoms with E-state index in [0.717, 1.165) is 11.3 Å². The van der Waals surface area contributed by atoms with Crippen LogP contribution in [0.3, 0.4) is 0 Å². The highest BCUT2D eigenvalue weighted by Crippen LogP contribution is 2.18. The Hall–Kier alpha value is -2.56. The first-order valence-corrected chi connectivity index (χ1v) is 5.67. The van der Waals surface area contributed by atoms with E-state index in [1.807, 2.05) is 25.1 Å². The first-order chi connectivity index (χ1) is 8.99. The zero-order valence-corrected chi connectivity index (χ0v) is 10.6. The van der Waals surface area contributed by atoms with E-state index in [1.54, 1.807) is 13.1 Å². The molecule has 0 bridgehead atoms. The molecule has 0 aliphatic heterocycles. The van der Waals surface area contributed by atoms with Gasteiger partial charge in [0.05, 0.1) is 0 Å². The summed E-state index contributed by atoms with van der Waals surface area (Å²) in [6, 6.07) is 10.1. The highest BCUT2D eigenvalue weighted by molar-refractivity contribution is 6.04. The van der Waals surface area contributed by atoms with Crippen LogP contribution in [0, 0.1) is 6.92 Å². The van der Waals surface area contributed by atoms with Crippen LogP contribution < -0.4 is 4.90 Å². The van der Waals surface area contributed by atoms with E-state index in [1.165, 1.54) is 17.0 Å². The van der Waals surface area contributed by atoms with Crippen molar-refractivity contribution in [3.63, 3.8) is 0 Å². The number of nitrogens with zero attached hydrogens (tertiary/aromatic N) is 1. The minimum absolute atomic E-state index is 0.00130. The van der Waals surface area contributed by atoms with E-state index in [0.29, 0.717) is 0 Å². The summed E-state index contributed by atoms with van der Waals surface area (Å²) < 4.78 is 4.99. The lowest BCUT2D eigenvalue weighted by atomic mass is 10.2. The molecule has 0 unspecified atom stereocenters. The summed E-state index contributed by atoms with van der Waals surface area (Å²) in [6.45, 7) is 1.93. The van der Waals surface area contributed by atoms with Gasteiger partial charge in [0.1, 0.15) is 0 Å². The molecule has 2 rings (SSSR count). The molecule has 0 spiro atoms. The molecule has 0 aliphatic carbocycles. The number of furan rings is 1. The molecule has 5 heteroatoms. The molecule has 0 aliphatic rings. The number of benzene rings is 1. The molecule has 1 aromatic heterocycles. The molecule has 98 valence electrons. The Morgan fingerprint density at radius 1 is 1.16 bits per heavy atom. The van der Waals surface area contributed by atoms with E-state index in [-0.39, 0.29) is 11.5 Å². The van der Waals surface area contributed by atoms with E-state index in [9.17, 15) is 9.59 Å². The number of carboxylic acids is 1. The summed E-state index contributed by atoms with van der Waals surface area (Å²) in [5.41, 5.74) is 1.75. The van der Waals surface area contributed by atoms with Crippen LogP contribution in [0.4, 0.5) is 5.69 Å². The lowest BCUT2D eigenvalue weighted by molar-refractivity contribution is 0.0660. The molecule has 0 saturated heterocycles. The molecule has 0 saturated carbocycles. The molecule has 0 atom stereocenters. The highest BCUT2D eigenvalue weighted by atomic mass is 16.4. The van der Waals surface area contributed by atoms with Gasteiger partial charge in [-0.05, 0) is 36.8 Å². The van der Waals surface area contributed by atoms with Gasteiger partial charge in [-0.2, -0.15) is 0 Å². The van der Waals surface area contributed by atoms with Crippen molar-refractivity contribution in [2.75, 3.05) is 11.9 Å².